The van der Waals surface area contributed by atoms with Gasteiger partial charge in [0.15, 0.2) is 0 Å². The van der Waals surface area contributed by atoms with E-state index in [4.69, 9.17) is 5.11 Å². The van der Waals surface area contributed by atoms with Gasteiger partial charge < -0.3 is 26.0 Å². The maximum atomic E-state index is 12.8. The van der Waals surface area contributed by atoms with E-state index in [1.54, 1.807) is 29.2 Å². The van der Waals surface area contributed by atoms with Crippen molar-refractivity contribution in [3.8, 4) is 0 Å². The van der Waals surface area contributed by atoms with Crippen molar-refractivity contribution >= 4 is 29.6 Å². The Kier molecular flexibility index (Phi) is 8.80. The molecule has 0 spiro atoms. The van der Waals surface area contributed by atoms with E-state index >= 15 is 0 Å². The summed E-state index contributed by atoms with van der Waals surface area (Å²) in [5.41, 5.74) is 0.777. The fourth-order valence-corrected chi connectivity index (χ4v) is 4.61. The molecule has 35 heavy (non-hydrogen) atoms. The van der Waals surface area contributed by atoms with Crippen LogP contribution < -0.4 is 21.3 Å². The molecule has 2 fully saturated rings. The number of carbonyl (C=O) groups excluding carboxylic acids is 4. The lowest BCUT2D eigenvalue weighted by molar-refractivity contribution is -0.139. The minimum atomic E-state index is -1.20. The highest BCUT2D eigenvalue weighted by Crippen LogP contribution is 2.32. The van der Waals surface area contributed by atoms with E-state index < -0.39 is 42.3 Å². The molecular formula is C24H33N5O6. The molecule has 2 saturated heterocycles. The minimum absolute atomic E-state index is 0.0451. The molecule has 0 bridgehead atoms. The average molecular weight is 488 g/mol. The van der Waals surface area contributed by atoms with Gasteiger partial charge in [-0.05, 0) is 24.3 Å². The lowest BCUT2D eigenvalue weighted by Gasteiger charge is -2.23. The number of nitrogens with one attached hydrogen (secondary N) is 4. The van der Waals surface area contributed by atoms with Crippen LogP contribution in [0.2, 0.25) is 0 Å². The molecule has 1 aromatic rings. The van der Waals surface area contributed by atoms with Crippen LogP contribution >= 0.6 is 0 Å². The summed E-state index contributed by atoms with van der Waals surface area (Å²) in [4.78, 5) is 63.0. The molecule has 4 amide bonds. The van der Waals surface area contributed by atoms with Gasteiger partial charge in [0.1, 0.15) is 18.6 Å². The van der Waals surface area contributed by atoms with Crippen molar-refractivity contribution in [3.63, 3.8) is 0 Å². The van der Waals surface area contributed by atoms with E-state index in [0.29, 0.717) is 18.9 Å². The second-order valence-electron chi connectivity index (χ2n) is 9.39. The van der Waals surface area contributed by atoms with Crippen LogP contribution in [0.3, 0.4) is 0 Å². The Bertz CT molecular complexity index is 953. The fourth-order valence-electron chi connectivity index (χ4n) is 4.61. The minimum Gasteiger partial charge on any atom is -0.480 e. The number of amides is 4. The molecule has 0 saturated carbocycles. The summed E-state index contributed by atoms with van der Waals surface area (Å²) in [5, 5.41) is 19.4. The first-order chi connectivity index (χ1) is 16.7. The topological polar surface area (TPSA) is 157 Å². The lowest BCUT2D eigenvalue weighted by Crippen LogP contribution is -2.53. The van der Waals surface area contributed by atoms with E-state index in [0.717, 1.165) is 12.0 Å². The van der Waals surface area contributed by atoms with Gasteiger partial charge in [-0.1, -0.05) is 44.2 Å². The Labute approximate surface area is 204 Å². The largest absolute Gasteiger partial charge is 0.480 e. The van der Waals surface area contributed by atoms with Crippen LogP contribution in [0.4, 0.5) is 0 Å². The molecule has 5 N–H and O–H groups in total. The van der Waals surface area contributed by atoms with E-state index in [2.05, 4.69) is 35.1 Å². The van der Waals surface area contributed by atoms with Crippen LogP contribution in [-0.2, 0) is 30.4 Å². The van der Waals surface area contributed by atoms with Crippen molar-refractivity contribution in [3.05, 3.63) is 35.9 Å². The number of hydrogen-bond donors (Lipinski definition) is 5. The summed E-state index contributed by atoms with van der Waals surface area (Å²) >= 11 is 0. The maximum Gasteiger partial charge on any atom is 0.322 e. The van der Waals surface area contributed by atoms with Gasteiger partial charge in [0.2, 0.25) is 23.6 Å². The molecule has 4 atom stereocenters. The summed E-state index contributed by atoms with van der Waals surface area (Å²) in [7, 11) is 0. The van der Waals surface area contributed by atoms with Gasteiger partial charge in [0.25, 0.3) is 0 Å². The number of carbonyl (C=O) groups is 5. The summed E-state index contributed by atoms with van der Waals surface area (Å²) < 4.78 is 0. The van der Waals surface area contributed by atoms with E-state index in [9.17, 15) is 24.0 Å². The third kappa shape index (κ3) is 7.01. The van der Waals surface area contributed by atoms with Crippen LogP contribution in [0, 0.1) is 11.8 Å². The third-order valence-electron chi connectivity index (χ3n) is 6.16. The number of carboxylic acid groups (broad SMARTS) is 1. The first-order valence-corrected chi connectivity index (χ1v) is 11.8. The van der Waals surface area contributed by atoms with Crippen molar-refractivity contribution in [2.45, 2.75) is 51.4 Å². The maximum absolute atomic E-state index is 12.8. The Morgan fingerprint density at radius 3 is 2.49 bits per heavy atom. The van der Waals surface area contributed by atoms with Gasteiger partial charge in [0.05, 0.1) is 12.7 Å². The number of fused-ring (bicyclic) bond motifs is 1. The summed E-state index contributed by atoms with van der Waals surface area (Å²) in [5.74, 6) is -2.67. The predicted octanol–water partition coefficient (Wildman–Crippen LogP) is -0.777. The Hall–Kier alpha value is -3.47. The zero-order valence-corrected chi connectivity index (χ0v) is 20.0. The predicted molar refractivity (Wildman–Crippen MR) is 126 cm³/mol. The SMILES string of the molecule is CC(C)CC1C[C@@H]2NC[C@@H](C(=O)NCC(=O)N[C@@H](Cc3ccccc3)C(=O)NCC(=O)O)N2C1=O. The molecule has 2 aliphatic rings. The third-order valence-corrected chi connectivity index (χ3v) is 6.16. The first kappa shape index (κ1) is 26.1. The second kappa shape index (κ2) is 11.8. The molecule has 190 valence electrons. The molecule has 1 aromatic carbocycles. The highest BCUT2D eigenvalue weighted by molar-refractivity contribution is 5.94. The Morgan fingerprint density at radius 2 is 1.83 bits per heavy atom. The van der Waals surface area contributed by atoms with Crippen LogP contribution in [0.5, 0.6) is 0 Å². The standard InChI is InChI=1S/C24H33N5O6/c1-14(2)8-16-10-19-25-11-18(29(19)24(16)35)23(34)26-12-20(30)28-17(22(33)27-13-21(31)32)9-15-6-4-3-5-7-15/h3-7,14,16-19,25H,8-13H2,1-2H3,(H,26,34)(H,27,33)(H,28,30)(H,31,32)/t16?,17-,18-,19+/m0/s1. The van der Waals surface area contributed by atoms with Gasteiger partial charge in [0, 0.05) is 18.9 Å². The summed E-state index contributed by atoms with van der Waals surface area (Å²) in [6.07, 6.45) is 1.40. The lowest BCUT2D eigenvalue weighted by atomic mass is 9.95. The van der Waals surface area contributed by atoms with Crippen LogP contribution in [0.15, 0.2) is 30.3 Å². The normalized spacial score (nSPS) is 22.0. The monoisotopic (exact) mass is 487 g/mol. The van der Waals surface area contributed by atoms with Gasteiger partial charge in [-0.15, -0.1) is 0 Å². The summed E-state index contributed by atoms with van der Waals surface area (Å²) in [6.45, 7) is 3.47. The van der Waals surface area contributed by atoms with Gasteiger partial charge in [-0.2, -0.15) is 0 Å². The number of carboxylic acids is 1. The number of rotatable bonds is 11. The van der Waals surface area contributed by atoms with Gasteiger partial charge >= 0.3 is 5.97 Å². The number of benzene rings is 1. The zero-order valence-electron chi connectivity index (χ0n) is 20.0. The smallest absolute Gasteiger partial charge is 0.322 e. The van der Waals surface area contributed by atoms with Crippen LogP contribution in [0.1, 0.15) is 32.3 Å². The van der Waals surface area contributed by atoms with Crippen molar-refractivity contribution in [1.82, 2.24) is 26.2 Å². The Morgan fingerprint density at radius 1 is 1.11 bits per heavy atom. The molecule has 2 heterocycles. The van der Waals surface area contributed by atoms with E-state index in [-0.39, 0.29) is 31.0 Å². The molecule has 3 rings (SSSR count). The highest BCUT2D eigenvalue weighted by Gasteiger charge is 2.49. The quantitative estimate of drug-likeness (QED) is 0.274. The highest BCUT2D eigenvalue weighted by atomic mass is 16.4. The van der Waals surface area contributed by atoms with Crippen LogP contribution in [0.25, 0.3) is 0 Å². The number of hydrogen-bond acceptors (Lipinski definition) is 6. The average Bonchev–Trinajstić information content (AvgIpc) is 3.35. The number of nitrogens with zero attached hydrogens (tertiary/aromatic N) is 1. The molecule has 11 nitrogen and oxygen atoms in total. The van der Waals surface area contributed by atoms with Crippen molar-refractivity contribution in [1.29, 1.82) is 0 Å². The first-order valence-electron chi connectivity index (χ1n) is 11.8. The Balaban J connectivity index is 1.55. The summed E-state index contributed by atoms with van der Waals surface area (Å²) in [6, 6.07) is 7.25. The van der Waals surface area contributed by atoms with Crippen molar-refractivity contribution < 1.29 is 29.1 Å². The van der Waals surface area contributed by atoms with E-state index in [1.807, 2.05) is 6.07 Å². The second-order valence-corrected chi connectivity index (χ2v) is 9.39. The van der Waals surface area contributed by atoms with Gasteiger partial charge in [-0.3, -0.25) is 29.3 Å². The van der Waals surface area contributed by atoms with E-state index in [1.165, 1.54) is 0 Å². The zero-order chi connectivity index (χ0) is 25.5. The molecule has 0 aromatic heterocycles. The number of aliphatic carboxylic acids is 1. The molecule has 1 unspecified atom stereocenters. The van der Waals surface area contributed by atoms with Gasteiger partial charge in [-0.25, -0.2) is 0 Å². The molecule has 11 heteroatoms. The fraction of sp³-hybridized carbons (Fsp3) is 0.542. The molecule has 0 aliphatic carbocycles. The molecule has 2 aliphatic heterocycles. The molecule has 0 radical (unpaired) electrons. The van der Waals surface area contributed by atoms with Crippen molar-refractivity contribution in [2.24, 2.45) is 11.8 Å². The molecular weight excluding hydrogens is 454 g/mol. The van der Waals surface area contributed by atoms with Crippen LogP contribution in [-0.4, -0.2) is 77.5 Å². The van der Waals surface area contributed by atoms with Crippen molar-refractivity contribution in [2.75, 3.05) is 19.6 Å².